The number of hydrogen-bond donors (Lipinski definition) is 1. The van der Waals surface area contributed by atoms with Crippen molar-refractivity contribution in [3.8, 4) is 5.75 Å². The van der Waals surface area contributed by atoms with Crippen molar-refractivity contribution < 1.29 is 40.8 Å². The minimum atomic E-state index is -5.55. The minimum Gasteiger partial charge on any atom is -0.427 e. The molecule has 1 spiro atoms. The van der Waals surface area contributed by atoms with Crippen molar-refractivity contribution in [1.82, 2.24) is 0 Å². The van der Waals surface area contributed by atoms with Gasteiger partial charge in [-0.15, -0.1) is 0 Å². The van der Waals surface area contributed by atoms with Crippen LogP contribution in [-0.4, -0.2) is 45.0 Å². The van der Waals surface area contributed by atoms with Crippen molar-refractivity contribution in [3.05, 3.63) is 29.3 Å². The molecule has 260 valence electrons. The summed E-state index contributed by atoms with van der Waals surface area (Å²) in [6.45, 7) is 3.90. The topological polar surface area (TPSA) is 63.6 Å². The number of fused-ring (bicyclic) bond motifs is 6. The number of aliphatic hydroxyl groups excluding tert-OH is 1. The molecular formula is C36H51F5O4S. The second-order valence-electron chi connectivity index (χ2n) is 15.0. The van der Waals surface area contributed by atoms with E-state index in [1.807, 2.05) is 6.07 Å². The number of alkyl halides is 5. The third kappa shape index (κ3) is 7.37. The Labute approximate surface area is 273 Å². The Morgan fingerprint density at radius 1 is 0.978 bits per heavy atom. The number of aliphatic hydroxyl groups is 1. The molecular weight excluding hydrogens is 623 g/mol. The number of unbranched alkanes of at least 4 members (excludes halogenated alkanes) is 6. The quantitative estimate of drug-likeness (QED) is 0.0872. The van der Waals surface area contributed by atoms with E-state index in [0.717, 1.165) is 83.5 Å². The molecule has 5 rings (SSSR count). The molecule has 3 fully saturated rings. The Morgan fingerprint density at radius 3 is 2.28 bits per heavy atom. The van der Waals surface area contributed by atoms with Crippen molar-refractivity contribution in [2.45, 2.75) is 141 Å². The van der Waals surface area contributed by atoms with Gasteiger partial charge in [-0.05, 0) is 110 Å². The third-order valence-corrected chi connectivity index (χ3v) is 13.8. The summed E-state index contributed by atoms with van der Waals surface area (Å²) in [6, 6.07) is 6.20. The summed E-state index contributed by atoms with van der Waals surface area (Å²) in [5.74, 6) is -2.10. The SMILES string of the molecule is CC(=O)Oc1ccc2c(c1)CC(CCCCCCCCCS(=O)CCCC(F)(F)C(F)(F)F)C1C2CC[C@@]2(C)C1C[C@@H](O)C21CC1. The summed E-state index contributed by atoms with van der Waals surface area (Å²) >= 11 is 0. The lowest BCUT2D eigenvalue weighted by atomic mass is 9.50. The third-order valence-electron chi connectivity index (χ3n) is 12.3. The Kier molecular flexibility index (Phi) is 11.0. The van der Waals surface area contributed by atoms with Gasteiger partial charge in [-0.1, -0.05) is 51.5 Å². The predicted molar refractivity (Wildman–Crippen MR) is 169 cm³/mol. The number of esters is 1. The zero-order valence-corrected chi connectivity index (χ0v) is 28.1. The number of hydrogen-bond acceptors (Lipinski definition) is 4. The largest absolute Gasteiger partial charge is 0.453 e. The number of benzene rings is 1. The fourth-order valence-electron chi connectivity index (χ4n) is 9.80. The minimum absolute atomic E-state index is 0.121. The van der Waals surface area contributed by atoms with Crippen LogP contribution in [0.4, 0.5) is 22.0 Å². The normalized spacial score (nSPS) is 30.4. The molecule has 7 atom stereocenters. The van der Waals surface area contributed by atoms with Crippen LogP contribution in [0.25, 0.3) is 0 Å². The number of halogens is 5. The van der Waals surface area contributed by atoms with E-state index in [2.05, 4.69) is 19.1 Å². The van der Waals surface area contributed by atoms with Crippen LogP contribution in [-0.2, 0) is 22.0 Å². The molecule has 0 aliphatic heterocycles. The smallest absolute Gasteiger partial charge is 0.427 e. The van der Waals surface area contributed by atoms with Crippen LogP contribution in [0.3, 0.4) is 0 Å². The summed E-state index contributed by atoms with van der Waals surface area (Å²) in [6.07, 6.45) is 7.19. The molecule has 4 aliphatic carbocycles. The fraction of sp³-hybridized carbons (Fsp3) is 0.806. The summed E-state index contributed by atoms with van der Waals surface area (Å²) < 4.78 is 80.3. The van der Waals surface area contributed by atoms with E-state index in [0.29, 0.717) is 41.6 Å². The maximum absolute atomic E-state index is 13.0. The Morgan fingerprint density at radius 2 is 1.63 bits per heavy atom. The average molecular weight is 675 g/mol. The number of carbonyl (C=O) groups excluding carboxylic acids is 1. The molecule has 0 amide bonds. The van der Waals surface area contributed by atoms with Gasteiger partial charge in [-0.3, -0.25) is 9.00 Å². The van der Waals surface area contributed by atoms with E-state index in [9.17, 15) is 36.1 Å². The molecule has 0 aromatic heterocycles. The highest BCUT2D eigenvalue weighted by Crippen LogP contribution is 2.76. The van der Waals surface area contributed by atoms with Gasteiger partial charge >= 0.3 is 18.1 Å². The van der Waals surface area contributed by atoms with Crippen LogP contribution < -0.4 is 4.74 Å². The van der Waals surface area contributed by atoms with Gasteiger partial charge in [0.1, 0.15) is 5.75 Å². The monoisotopic (exact) mass is 674 g/mol. The van der Waals surface area contributed by atoms with E-state index in [-0.39, 0.29) is 28.7 Å². The lowest BCUT2D eigenvalue weighted by molar-refractivity contribution is -0.284. The van der Waals surface area contributed by atoms with Crippen LogP contribution >= 0.6 is 0 Å². The van der Waals surface area contributed by atoms with Gasteiger partial charge in [0, 0.05) is 41.1 Å². The number of ether oxygens (including phenoxy) is 1. The highest BCUT2D eigenvalue weighted by molar-refractivity contribution is 7.84. The van der Waals surface area contributed by atoms with Gasteiger partial charge in [-0.2, -0.15) is 22.0 Å². The lowest BCUT2D eigenvalue weighted by Gasteiger charge is -2.54. The predicted octanol–water partition coefficient (Wildman–Crippen LogP) is 9.29. The highest BCUT2D eigenvalue weighted by atomic mass is 32.2. The Bertz CT molecular complexity index is 1250. The molecule has 4 aliphatic rings. The summed E-state index contributed by atoms with van der Waals surface area (Å²) in [7, 11) is -1.37. The molecule has 46 heavy (non-hydrogen) atoms. The van der Waals surface area contributed by atoms with Crippen molar-refractivity contribution in [1.29, 1.82) is 0 Å². The molecule has 1 N–H and O–H groups in total. The van der Waals surface area contributed by atoms with Crippen molar-refractivity contribution in [2.75, 3.05) is 11.5 Å². The van der Waals surface area contributed by atoms with Crippen molar-refractivity contribution in [3.63, 3.8) is 0 Å². The second kappa shape index (κ2) is 14.1. The van der Waals surface area contributed by atoms with Crippen LogP contribution in [0.1, 0.15) is 127 Å². The van der Waals surface area contributed by atoms with E-state index >= 15 is 0 Å². The van der Waals surface area contributed by atoms with Gasteiger partial charge in [0.2, 0.25) is 0 Å². The first-order chi connectivity index (χ1) is 21.7. The molecule has 0 bridgehead atoms. The first-order valence-electron chi connectivity index (χ1n) is 17.5. The van der Waals surface area contributed by atoms with Gasteiger partial charge in [0.25, 0.3) is 0 Å². The van der Waals surface area contributed by atoms with E-state index in [4.69, 9.17) is 4.74 Å². The molecule has 4 nitrogen and oxygen atoms in total. The number of rotatable bonds is 15. The average Bonchev–Trinajstić information content (AvgIpc) is 3.76. The summed E-state index contributed by atoms with van der Waals surface area (Å²) in [4.78, 5) is 11.6. The van der Waals surface area contributed by atoms with Gasteiger partial charge in [0.05, 0.1) is 6.10 Å². The molecule has 0 heterocycles. The van der Waals surface area contributed by atoms with E-state index in [1.165, 1.54) is 18.1 Å². The first-order valence-corrected chi connectivity index (χ1v) is 19.0. The Balaban J connectivity index is 1.08. The standard InChI is InChI=1S/C36H51F5O4S/c1-24(42)45-27-12-13-28-26(22-27)21-25(32-29(28)14-16-33(2)30(32)23-31(43)34(33)17-18-34)11-8-6-4-3-5-7-9-19-46(44)20-10-15-35(37,38)36(39,40)41/h12-13,22,25,29-32,43H,3-11,14-21,23H2,1-2H3/t25?,29?,30?,31-,32?,33+,46?/m1/s1. The van der Waals surface area contributed by atoms with Crippen LogP contribution in [0, 0.1) is 28.6 Å². The summed E-state index contributed by atoms with van der Waals surface area (Å²) in [5, 5.41) is 11.2. The maximum atomic E-state index is 13.0. The molecule has 0 radical (unpaired) electrons. The van der Waals surface area contributed by atoms with Gasteiger partial charge in [-0.25, -0.2) is 0 Å². The zero-order valence-electron chi connectivity index (χ0n) is 27.3. The highest BCUT2D eigenvalue weighted by Gasteiger charge is 2.71. The summed E-state index contributed by atoms with van der Waals surface area (Å²) in [5.41, 5.74) is 3.05. The lowest BCUT2D eigenvalue weighted by Crippen LogP contribution is -2.46. The second-order valence-corrected chi connectivity index (χ2v) is 16.7. The molecule has 1 aromatic rings. The maximum Gasteiger partial charge on any atom is 0.453 e. The fourth-order valence-corrected chi connectivity index (χ4v) is 11.0. The molecule has 5 unspecified atom stereocenters. The Hall–Kier alpha value is -1.55. The number of carbonyl (C=O) groups is 1. The van der Waals surface area contributed by atoms with Gasteiger partial charge < -0.3 is 9.84 Å². The molecule has 1 aromatic carbocycles. The molecule has 0 saturated heterocycles. The van der Waals surface area contributed by atoms with Gasteiger partial charge in [0.15, 0.2) is 0 Å². The molecule has 10 heteroatoms. The zero-order chi connectivity index (χ0) is 33.3. The van der Waals surface area contributed by atoms with Crippen LogP contribution in [0.2, 0.25) is 0 Å². The van der Waals surface area contributed by atoms with Crippen molar-refractivity contribution >= 4 is 16.8 Å². The first kappa shape index (κ1) is 35.7. The van der Waals surface area contributed by atoms with Crippen molar-refractivity contribution in [2.24, 2.45) is 28.6 Å². The van der Waals surface area contributed by atoms with E-state index in [1.54, 1.807) is 0 Å². The van der Waals surface area contributed by atoms with Crippen LogP contribution in [0.15, 0.2) is 18.2 Å². The molecule has 3 saturated carbocycles. The van der Waals surface area contributed by atoms with Crippen LogP contribution in [0.5, 0.6) is 5.75 Å². The van der Waals surface area contributed by atoms with E-state index < -0.39 is 35.7 Å².